The smallest absolute Gasteiger partial charge is 0.179 e. The maximum atomic E-state index is 6.28. The van der Waals surface area contributed by atoms with Gasteiger partial charge in [-0.1, -0.05) is 29.8 Å². The molecule has 2 heterocycles. The van der Waals surface area contributed by atoms with Gasteiger partial charge in [0.2, 0.25) is 0 Å². The third kappa shape index (κ3) is 3.30. The van der Waals surface area contributed by atoms with E-state index in [0.29, 0.717) is 29.9 Å². The molecule has 0 saturated carbocycles. The van der Waals surface area contributed by atoms with Crippen LogP contribution in [0.5, 0.6) is 17.2 Å². The second-order valence-corrected chi connectivity index (χ2v) is 6.63. The van der Waals surface area contributed by atoms with E-state index in [1.807, 2.05) is 24.3 Å². The van der Waals surface area contributed by atoms with Gasteiger partial charge in [0.25, 0.3) is 0 Å². The Kier molecular flexibility index (Phi) is 4.50. The molecule has 1 N–H and O–H groups in total. The van der Waals surface area contributed by atoms with Gasteiger partial charge in [0.05, 0.1) is 11.6 Å². The zero-order chi connectivity index (χ0) is 16.4. The number of halogens is 1. The molecule has 0 amide bonds. The second-order valence-electron chi connectivity index (χ2n) is 6.22. The van der Waals surface area contributed by atoms with Gasteiger partial charge in [0, 0.05) is 19.0 Å². The van der Waals surface area contributed by atoms with Crippen molar-refractivity contribution in [3.05, 3.63) is 52.5 Å². The normalized spacial score (nSPS) is 18.6. The van der Waals surface area contributed by atoms with Crippen LogP contribution in [0.3, 0.4) is 0 Å². The minimum absolute atomic E-state index is 0.479. The van der Waals surface area contributed by atoms with Gasteiger partial charge in [-0.3, -0.25) is 0 Å². The third-order valence-corrected chi connectivity index (χ3v) is 4.66. The monoisotopic (exact) mass is 345 g/mol. The molecular weight excluding hydrogens is 326 g/mol. The van der Waals surface area contributed by atoms with Gasteiger partial charge in [-0.05, 0) is 35.7 Å². The molecule has 0 radical (unpaired) electrons. The number of ether oxygens (including phenoxy) is 3. The summed E-state index contributed by atoms with van der Waals surface area (Å²) >= 11 is 6.28. The van der Waals surface area contributed by atoms with Crippen LogP contribution in [0.15, 0.2) is 36.4 Å². The number of nitrogens with one attached hydrogen (secondary N) is 1. The maximum Gasteiger partial charge on any atom is 0.179 e. The second kappa shape index (κ2) is 6.91. The summed E-state index contributed by atoms with van der Waals surface area (Å²) in [6, 6.07) is 12.2. The van der Waals surface area contributed by atoms with E-state index < -0.39 is 0 Å². The predicted molar refractivity (Wildman–Crippen MR) is 93.3 cm³/mol. The lowest BCUT2D eigenvalue weighted by molar-refractivity contribution is 0.171. The van der Waals surface area contributed by atoms with Crippen LogP contribution in [0.25, 0.3) is 0 Å². The summed E-state index contributed by atoms with van der Waals surface area (Å²) in [4.78, 5) is 0. The van der Waals surface area contributed by atoms with Crippen molar-refractivity contribution in [3.63, 3.8) is 0 Å². The lowest BCUT2D eigenvalue weighted by atomic mass is 9.97. The molecule has 0 aliphatic carbocycles. The summed E-state index contributed by atoms with van der Waals surface area (Å²) < 4.78 is 17.0. The van der Waals surface area contributed by atoms with Crippen molar-refractivity contribution >= 4 is 11.6 Å². The summed E-state index contributed by atoms with van der Waals surface area (Å²) in [7, 11) is 0. The molecule has 126 valence electrons. The molecule has 5 heteroatoms. The van der Waals surface area contributed by atoms with Crippen LogP contribution in [0, 0.1) is 5.92 Å². The molecule has 24 heavy (non-hydrogen) atoms. The van der Waals surface area contributed by atoms with Crippen LogP contribution in [0.2, 0.25) is 5.02 Å². The van der Waals surface area contributed by atoms with Gasteiger partial charge >= 0.3 is 0 Å². The number of hydrogen-bond acceptors (Lipinski definition) is 4. The lowest BCUT2D eigenvalue weighted by Gasteiger charge is -2.25. The van der Waals surface area contributed by atoms with Crippen molar-refractivity contribution in [3.8, 4) is 17.2 Å². The van der Waals surface area contributed by atoms with Crippen LogP contribution in [0.1, 0.15) is 11.1 Å². The van der Waals surface area contributed by atoms with Crippen LogP contribution < -0.4 is 19.5 Å². The Balaban J connectivity index is 1.34. The third-order valence-electron chi connectivity index (χ3n) is 4.37. The Bertz CT molecular complexity index is 735. The number of para-hydroxylation sites is 1. The van der Waals surface area contributed by atoms with Gasteiger partial charge in [-0.15, -0.1) is 0 Å². The minimum Gasteiger partial charge on any atom is -0.493 e. The number of hydrogen-bond donors (Lipinski definition) is 1. The van der Waals surface area contributed by atoms with Gasteiger partial charge in [0.1, 0.15) is 19.0 Å². The van der Waals surface area contributed by atoms with E-state index >= 15 is 0 Å². The zero-order valence-corrected chi connectivity index (χ0v) is 14.1. The summed E-state index contributed by atoms with van der Waals surface area (Å²) in [5.41, 5.74) is 2.39. The fraction of sp³-hybridized carbons (Fsp3) is 0.368. The van der Waals surface area contributed by atoms with Crippen molar-refractivity contribution in [1.29, 1.82) is 0 Å². The number of rotatable bonds is 4. The van der Waals surface area contributed by atoms with Crippen molar-refractivity contribution in [2.75, 3.05) is 26.4 Å². The first-order chi connectivity index (χ1) is 11.8. The fourth-order valence-electron chi connectivity index (χ4n) is 3.21. The molecule has 1 unspecified atom stereocenters. The van der Waals surface area contributed by atoms with Crippen molar-refractivity contribution in [1.82, 2.24) is 5.32 Å². The van der Waals surface area contributed by atoms with E-state index in [1.54, 1.807) is 0 Å². The van der Waals surface area contributed by atoms with Crippen LogP contribution in [-0.2, 0) is 13.0 Å². The van der Waals surface area contributed by atoms with Gasteiger partial charge < -0.3 is 19.5 Å². The molecule has 2 aromatic rings. The highest BCUT2D eigenvalue weighted by Crippen LogP contribution is 2.38. The van der Waals surface area contributed by atoms with E-state index in [2.05, 4.69) is 17.4 Å². The first-order valence-electron chi connectivity index (χ1n) is 8.29. The van der Waals surface area contributed by atoms with Crippen LogP contribution in [-0.4, -0.2) is 26.4 Å². The van der Waals surface area contributed by atoms with Crippen molar-refractivity contribution in [2.45, 2.75) is 13.0 Å². The summed E-state index contributed by atoms with van der Waals surface area (Å²) in [6.45, 7) is 3.52. The molecule has 2 aliphatic heterocycles. The molecule has 0 saturated heterocycles. The van der Waals surface area contributed by atoms with Crippen molar-refractivity contribution in [2.24, 2.45) is 5.92 Å². The first kappa shape index (κ1) is 15.6. The molecule has 1 atom stereocenters. The molecule has 0 spiro atoms. The molecule has 4 nitrogen and oxygen atoms in total. The molecule has 2 aromatic carbocycles. The van der Waals surface area contributed by atoms with Gasteiger partial charge in [0.15, 0.2) is 11.5 Å². The Labute approximate surface area is 146 Å². The van der Waals surface area contributed by atoms with E-state index in [4.69, 9.17) is 25.8 Å². The summed E-state index contributed by atoms with van der Waals surface area (Å²) in [6.07, 6.45) is 1.05. The highest BCUT2D eigenvalue weighted by molar-refractivity contribution is 6.32. The molecule has 0 aromatic heterocycles. The molecule has 0 bridgehead atoms. The van der Waals surface area contributed by atoms with Gasteiger partial charge in [-0.2, -0.15) is 0 Å². The Hall–Kier alpha value is -1.91. The Morgan fingerprint density at radius 2 is 1.92 bits per heavy atom. The predicted octanol–water partition coefficient (Wildman–Crippen LogP) is 3.45. The number of fused-ring (bicyclic) bond motifs is 2. The van der Waals surface area contributed by atoms with E-state index in [9.17, 15) is 0 Å². The van der Waals surface area contributed by atoms with E-state index in [1.165, 1.54) is 5.56 Å². The minimum atomic E-state index is 0.479. The Morgan fingerprint density at radius 3 is 2.88 bits per heavy atom. The lowest BCUT2D eigenvalue weighted by Crippen LogP contribution is -2.31. The molecular formula is C19H20ClNO3. The van der Waals surface area contributed by atoms with E-state index in [-0.39, 0.29) is 0 Å². The van der Waals surface area contributed by atoms with Crippen LogP contribution in [0.4, 0.5) is 0 Å². The van der Waals surface area contributed by atoms with Crippen molar-refractivity contribution < 1.29 is 14.2 Å². The average molecular weight is 346 g/mol. The highest BCUT2D eigenvalue weighted by atomic mass is 35.5. The summed E-state index contributed by atoms with van der Waals surface area (Å²) in [5.74, 6) is 2.89. The average Bonchev–Trinajstić information content (AvgIpc) is 2.62. The topological polar surface area (TPSA) is 39.7 Å². The fourth-order valence-corrected chi connectivity index (χ4v) is 3.50. The maximum absolute atomic E-state index is 6.28. The SMILES string of the molecule is Clc1cc(CNCC2COc3ccccc3C2)cc2c1OCCO2. The Morgan fingerprint density at radius 1 is 1.04 bits per heavy atom. The summed E-state index contributed by atoms with van der Waals surface area (Å²) in [5, 5.41) is 4.11. The molecule has 0 fully saturated rings. The largest absolute Gasteiger partial charge is 0.493 e. The quantitative estimate of drug-likeness (QED) is 0.921. The standard InChI is InChI=1S/C19H20ClNO3/c20-16-8-13(9-18-19(16)23-6-5-22-18)10-21-11-14-7-15-3-1-2-4-17(15)24-12-14/h1-4,8-9,14,21H,5-7,10-12H2. The zero-order valence-electron chi connectivity index (χ0n) is 13.4. The number of benzene rings is 2. The molecule has 4 rings (SSSR count). The first-order valence-corrected chi connectivity index (χ1v) is 8.67. The van der Waals surface area contributed by atoms with Gasteiger partial charge in [-0.25, -0.2) is 0 Å². The van der Waals surface area contributed by atoms with E-state index in [0.717, 1.165) is 43.2 Å². The van der Waals surface area contributed by atoms with Crippen LogP contribution >= 0.6 is 11.6 Å². The molecule has 2 aliphatic rings. The highest BCUT2D eigenvalue weighted by Gasteiger charge is 2.20.